The molecule has 34 heavy (non-hydrogen) atoms. The van der Waals surface area contributed by atoms with Crippen LogP contribution in [0.15, 0.2) is 54.7 Å². The van der Waals surface area contributed by atoms with Gasteiger partial charge in [0.25, 0.3) is 5.91 Å². The van der Waals surface area contributed by atoms with Crippen LogP contribution >= 0.6 is 11.3 Å². The number of carbonyl (C=O) groups excluding carboxylic acids is 3. The molecule has 2 aromatic heterocycles. The van der Waals surface area contributed by atoms with E-state index in [9.17, 15) is 14.4 Å². The van der Waals surface area contributed by atoms with Crippen molar-refractivity contribution in [2.75, 3.05) is 11.9 Å². The number of carbonyl (C=O) groups is 3. The lowest BCUT2D eigenvalue weighted by atomic mass is 9.89. The van der Waals surface area contributed by atoms with Crippen molar-refractivity contribution in [2.24, 2.45) is 5.92 Å². The standard InChI is InChI=1S/C26H24N4O3S/c1-15-6-2-3-7-18(15)25(33)30-26-29-21-12-17(13-22(31)23(21)34-26)24(32)27-11-10-16-14-28-20-9-5-4-8-19(16)20/h2-9,14,17,28H,10-13H2,1H3,(H,27,32)(H,29,30,33)/t17-/m1/s1. The number of rotatable bonds is 6. The Balaban J connectivity index is 1.21. The highest BCUT2D eigenvalue weighted by molar-refractivity contribution is 7.17. The molecule has 0 bridgehead atoms. The number of Topliss-reactive ketones (excluding diaryl/α,β-unsaturated/α-hetero) is 1. The summed E-state index contributed by atoms with van der Waals surface area (Å²) in [5.41, 5.74) is 4.23. The molecule has 0 saturated carbocycles. The SMILES string of the molecule is Cc1ccccc1C(=O)Nc1nc2c(s1)C(=O)C[C@H](C(=O)NCCc1c[nH]c3ccccc13)C2. The van der Waals surface area contributed by atoms with Gasteiger partial charge in [-0.3, -0.25) is 19.7 Å². The second-order valence-electron chi connectivity index (χ2n) is 8.49. The lowest BCUT2D eigenvalue weighted by Crippen LogP contribution is -2.36. The van der Waals surface area contributed by atoms with E-state index in [1.807, 2.05) is 43.5 Å². The van der Waals surface area contributed by atoms with Gasteiger partial charge >= 0.3 is 0 Å². The first kappa shape index (κ1) is 22.0. The van der Waals surface area contributed by atoms with Crippen LogP contribution < -0.4 is 10.6 Å². The molecule has 1 aliphatic carbocycles. The highest BCUT2D eigenvalue weighted by Crippen LogP contribution is 2.32. The summed E-state index contributed by atoms with van der Waals surface area (Å²) in [6, 6.07) is 15.4. The van der Waals surface area contributed by atoms with Crippen LogP contribution in [-0.2, 0) is 17.6 Å². The van der Waals surface area contributed by atoms with E-state index >= 15 is 0 Å². The Morgan fingerprint density at radius 3 is 2.76 bits per heavy atom. The van der Waals surface area contributed by atoms with Gasteiger partial charge in [0.15, 0.2) is 10.9 Å². The minimum Gasteiger partial charge on any atom is -0.361 e. The number of aryl methyl sites for hydroxylation is 1. The van der Waals surface area contributed by atoms with Crippen LogP contribution in [-0.4, -0.2) is 34.1 Å². The molecular weight excluding hydrogens is 448 g/mol. The number of thiazole rings is 1. The molecule has 4 aromatic rings. The monoisotopic (exact) mass is 472 g/mol. The first-order valence-corrected chi connectivity index (χ1v) is 12.0. The molecule has 3 N–H and O–H groups in total. The molecule has 0 aliphatic heterocycles. The van der Waals surface area contributed by atoms with Crippen molar-refractivity contribution in [3.05, 3.63) is 82.0 Å². The minimum absolute atomic E-state index is 0.105. The summed E-state index contributed by atoms with van der Waals surface area (Å²) in [7, 11) is 0. The Kier molecular flexibility index (Phi) is 5.98. The number of hydrogen-bond donors (Lipinski definition) is 3. The summed E-state index contributed by atoms with van der Waals surface area (Å²) in [6.45, 7) is 2.36. The molecular formula is C26H24N4O3S. The second kappa shape index (κ2) is 9.23. The van der Waals surface area contributed by atoms with E-state index in [1.54, 1.807) is 12.1 Å². The first-order valence-electron chi connectivity index (χ1n) is 11.2. The Morgan fingerprint density at radius 1 is 1.12 bits per heavy atom. The Hall–Kier alpha value is -3.78. The maximum absolute atomic E-state index is 12.8. The van der Waals surface area contributed by atoms with Gasteiger partial charge in [0.05, 0.1) is 16.5 Å². The van der Waals surface area contributed by atoms with Crippen molar-refractivity contribution >= 4 is 45.0 Å². The van der Waals surface area contributed by atoms with Crippen molar-refractivity contribution in [3.63, 3.8) is 0 Å². The number of H-pyrrole nitrogens is 1. The molecule has 2 heterocycles. The van der Waals surface area contributed by atoms with Crippen molar-refractivity contribution in [1.82, 2.24) is 15.3 Å². The predicted molar refractivity (Wildman–Crippen MR) is 132 cm³/mol. The van der Waals surface area contributed by atoms with E-state index in [0.717, 1.165) is 22.0 Å². The minimum atomic E-state index is -0.454. The number of nitrogens with zero attached hydrogens (tertiary/aromatic N) is 1. The van der Waals surface area contributed by atoms with Gasteiger partial charge in [-0.25, -0.2) is 4.98 Å². The Bertz CT molecular complexity index is 1400. The number of nitrogens with one attached hydrogen (secondary N) is 3. The molecule has 0 fully saturated rings. The molecule has 0 saturated heterocycles. The molecule has 0 radical (unpaired) electrons. The summed E-state index contributed by atoms with van der Waals surface area (Å²) >= 11 is 1.18. The Labute approximate surface area is 200 Å². The molecule has 1 aliphatic rings. The molecule has 2 amide bonds. The number of para-hydroxylation sites is 1. The molecule has 0 spiro atoms. The smallest absolute Gasteiger partial charge is 0.257 e. The third-order valence-corrected chi connectivity index (χ3v) is 7.23. The van der Waals surface area contributed by atoms with E-state index in [2.05, 4.69) is 26.7 Å². The second-order valence-corrected chi connectivity index (χ2v) is 9.49. The highest BCUT2D eigenvalue weighted by Gasteiger charge is 2.33. The van der Waals surface area contributed by atoms with Gasteiger partial charge in [0.2, 0.25) is 5.91 Å². The number of anilines is 1. The largest absolute Gasteiger partial charge is 0.361 e. The number of hydrogen-bond acceptors (Lipinski definition) is 5. The Morgan fingerprint density at radius 2 is 1.91 bits per heavy atom. The van der Waals surface area contributed by atoms with Crippen molar-refractivity contribution < 1.29 is 14.4 Å². The van der Waals surface area contributed by atoms with Crippen LogP contribution in [0.3, 0.4) is 0 Å². The average Bonchev–Trinajstić information content (AvgIpc) is 3.43. The van der Waals surface area contributed by atoms with Crippen molar-refractivity contribution in [1.29, 1.82) is 0 Å². The lowest BCUT2D eigenvalue weighted by molar-refractivity contribution is -0.125. The average molecular weight is 473 g/mol. The number of fused-ring (bicyclic) bond motifs is 2. The molecule has 2 aromatic carbocycles. The lowest BCUT2D eigenvalue weighted by Gasteiger charge is -2.19. The van der Waals surface area contributed by atoms with E-state index in [1.165, 1.54) is 11.3 Å². The summed E-state index contributed by atoms with van der Waals surface area (Å²) in [4.78, 5) is 46.3. The van der Waals surface area contributed by atoms with Gasteiger partial charge in [-0.2, -0.15) is 0 Å². The summed E-state index contributed by atoms with van der Waals surface area (Å²) in [5, 5.41) is 7.30. The first-order chi connectivity index (χ1) is 16.5. The van der Waals surface area contributed by atoms with Gasteiger partial charge < -0.3 is 10.3 Å². The van der Waals surface area contributed by atoms with Gasteiger partial charge in [-0.1, -0.05) is 47.7 Å². The van der Waals surface area contributed by atoms with E-state index < -0.39 is 5.92 Å². The molecule has 0 unspecified atom stereocenters. The predicted octanol–water partition coefficient (Wildman–Crippen LogP) is 4.29. The van der Waals surface area contributed by atoms with Crippen molar-refractivity contribution in [3.8, 4) is 0 Å². The van der Waals surface area contributed by atoms with Crippen LogP contribution in [0.5, 0.6) is 0 Å². The van der Waals surface area contributed by atoms with Crippen LogP contribution in [0.2, 0.25) is 0 Å². The summed E-state index contributed by atoms with van der Waals surface area (Å²) in [6.07, 6.45) is 3.21. The third-order valence-electron chi connectivity index (χ3n) is 6.17. The van der Waals surface area contributed by atoms with Crippen LogP contribution in [0.4, 0.5) is 5.13 Å². The zero-order valence-electron chi connectivity index (χ0n) is 18.7. The fourth-order valence-electron chi connectivity index (χ4n) is 4.36. The van der Waals surface area contributed by atoms with E-state index in [-0.39, 0.29) is 24.0 Å². The van der Waals surface area contributed by atoms with Crippen LogP contribution in [0.1, 0.15) is 43.3 Å². The topological polar surface area (TPSA) is 104 Å². The quantitative estimate of drug-likeness (QED) is 0.389. The normalized spacial score (nSPS) is 15.2. The van der Waals surface area contributed by atoms with E-state index in [0.29, 0.717) is 40.7 Å². The van der Waals surface area contributed by atoms with Gasteiger partial charge in [0, 0.05) is 42.0 Å². The number of benzene rings is 2. The highest BCUT2D eigenvalue weighted by atomic mass is 32.1. The maximum atomic E-state index is 12.8. The number of aromatic amines is 1. The fraction of sp³-hybridized carbons (Fsp3) is 0.231. The number of ketones is 1. The summed E-state index contributed by atoms with van der Waals surface area (Å²) < 4.78 is 0. The molecule has 5 rings (SSSR count). The summed E-state index contributed by atoms with van der Waals surface area (Å²) in [5.74, 6) is -0.961. The van der Waals surface area contributed by atoms with Crippen LogP contribution in [0.25, 0.3) is 10.9 Å². The molecule has 172 valence electrons. The number of aromatic nitrogens is 2. The molecule has 7 nitrogen and oxygen atoms in total. The number of amides is 2. The maximum Gasteiger partial charge on any atom is 0.257 e. The van der Waals surface area contributed by atoms with Crippen LogP contribution in [0, 0.1) is 12.8 Å². The van der Waals surface area contributed by atoms with Gasteiger partial charge in [0.1, 0.15) is 0 Å². The molecule has 1 atom stereocenters. The zero-order valence-corrected chi connectivity index (χ0v) is 19.5. The van der Waals surface area contributed by atoms with Gasteiger partial charge in [-0.05, 0) is 36.6 Å². The van der Waals surface area contributed by atoms with Crippen molar-refractivity contribution in [2.45, 2.75) is 26.2 Å². The third kappa shape index (κ3) is 4.36. The zero-order chi connectivity index (χ0) is 23.7. The molecule has 8 heteroatoms. The van der Waals surface area contributed by atoms with E-state index in [4.69, 9.17) is 0 Å². The van der Waals surface area contributed by atoms with Gasteiger partial charge in [-0.15, -0.1) is 0 Å². The fourth-order valence-corrected chi connectivity index (χ4v) is 5.30.